The van der Waals surface area contributed by atoms with Crippen LogP contribution in [0.2, 0.25) is 0 Å². The van der Waals surface area contributed by atoms with Crippen molar-refractivity contribution in [3.8, 4) is 5.75 Å². The molecule has 1 aliphatic heterocycles. The molecule has 0 spiro atoms. The van der Waals surface area contributed by atoms with Gasteiger partial charge in [0.15, 0.2) is 6.54 Å². The molecule has 3 N–H and O–H groups in total. The number of aromatic amines is 1. The average molecular weight is 360 g/mol. The van der Waals surface area contributed by atoms with Gasteiger partial charge in [0, 0.05) is 5.92 Å². The molecule has 1 aromatic carbocycles. The number of fused-ring (bicyclic) bond motifs is 1. The van der Waals surface area contributed by atoms with Gasteiger partial charge in [-0.05, 0) is 25.0 Å². The van der Waals surface area contributed by atoms with Gasteiger partial charge in [0.25, 0.3) is 5.91 Å². The van der Waals surface area contributed by atoms with E-state index in [-0.39, 0.29) is 11.6 Å². The number of ether oxygens (including phenoxy) is 2. The van der Waals surface area contributed by atoms with Crippen LogP contribution in [0, 0.1) is 5.92 Å². The molecule has 2 aromatic rings. The number of aromatic nitrogens is 1. The molecular weight excluding hydrogens is 334 g/mol. The number of methoxy groups -OCH3 is 2. The van der Waals surface area contributed by atoms with Gasteiger partial charge >= 0.3 is 5.97 Å². The number of hydrogen-bond donors (Lipinski definition) is 3. The minimum Gasteiger partial charge on any atom is -0.496 e. The molecule has 140 valence electrons. The highest BCUT2D eigenvalue weighted by Gasteiger charge is 2.26. The Kier molecular flexibility index (Phi) is 5.46. The molecule has 7 heteroatoms. The zero-order valence-electron chi connectivity index (χ0n) is 15.5. The largest absolute Gasteiger partial charge is 0.496 e. The summed E-state index contributed by atoms with van der Waals surface area (Å²) in [6.07, 6.45) is 2.36. The zero-order chi connectivity index (χ0) is 18.7. The van der Waals surface area contributed by atoms with Gasteiger partial charge in [0.1, 0.15) is 11.4 Å². The maximum Gasteiger partial charge on any atom is 0.356 e. The van der Waals surface area contributed by atoms with E-state index in [2.05, 4.69) is 17.2 Å². The second-order valence-electron chi connectivity index (χ2n) is 6.93. The zero-order valence-corrected chi connectivity index (χ0v) is 15.5. The Bertz CT molecular complexity index is 814. The quantitative estimate of drug-likeness (QED) is 0.700. The number of piperidine rings is 1. The lowest BCUT2D eigenvalue weighted by Crippen LogP contribution is -3.14. The Morgan fingerprint density at radius 1 is 1.35 bits per heavy atom. The molecule has 0 radical (unpaired) electrons. The maximum atomic E-state index is 12.7. The second kappa shape index (κ2) is 7.78. The summed E-state index contributed by atoms with van der Waals surface area (Å²) in [5.41, 5.74) is 1.35. The second-order valence-corrected chi connectivity index (χ2v) is 6.93. The molecule has 2 heterocycles. The van der Waals surface area contributed by atoms with Gasteiger partial charge in [-0.2, -0.15) is 0 Å². The highest BCUT2D eigenvalue weighted by Crippen LogP contribution is 2.35. The van der Waals surface area contributed by atoms with E-state index in [1.807, 2.05) is 12.1 Å². The van der Waals surface area contributed by atoms with Crippen molar-refractivity contribution in [3.63, 3.8) is 0 Å². The summed E-state index contributed by atoms with van der Waals surface area (Å²) in [4.78, 5) is 29.1. The van der Waals surface area contributed by atoms with Gasteiger partial charge in [-0.25, -0.2) is 4.79 Å². The van der Waals surface area contributed by atoms with Crippen molar-refractivity contribution >= 4 is 28.5 Å². The van der Waals surface area contributed by atoms with Crippen molar-refractivity contribution in [1.29, 1.82) is 0 Å². The van der Waals surface area contributed by atoms with E-state index < -0.39 is 5.97 Å². The van der Waals surface area contributed by atoms with E-state index in [9.17, 15) is 9.59 Å². The lowest BCUT2D eigenvalue weighted by molar-refractivity contribution is -0.900. The molecule has 26 heavy (non-hydrogen) atoms. The third kappa shape index (κ3) is 3.67. The molecule has 1 saturated heterocycles. The standard InChI is InChI=1S/C19H25N3O4/c1-12-6-5-9-22(10-12)11-15(23)21-17-16-13(7-4-8-14(16)25-2)20-18(17)19(24)26-3/h4,7-8,12,20H,5-6,9-11H2,1-3H3,(H,21,23)/p+1/t12-/m1/s1. The summed E-state index contributed by atoms with van der Waals surface area (Å²) in [6, 6.07) is 5.45. The van der Waals surface area contributed by atoms with Crippen LogP contribution >= 0.6 is 0 Å². The van der Waals surface area contributed by atoms with Gasteiger partial charge in [0.05, 0.1) is 43.9 Å². The van der Waals surface area contributed by atoms with Crippen LogP contribution in [0.25, 0.3) is 10.9 Å². The fraction of sp³-hybridized carbons (Fsp3) is 0.474. The molecule has 1 unspecified atom stereocenters. The number of rotatable bonds is 5. The molecule has 1 amide bonds. The summed E-state index contributed by atoms with van der Waals surface area (Å²) in [5.74, 6) is 0.567. The van der Waals surface area contributed by atoms with Crippen LogP contribution in [0.1, 0.15) is 30.3 Å². The molecule has 0 saturated carbocycles. The first-order chi connectivity index (χ1) is 12.5. The van der Waals surface area contributed by atoms with Crippen LogP contribution in [0.15, 0.2) is 18.2 Å². The Labute approximate surface area is 152 Å². The predicted octanol–water partition coefficient (Wildman–Crippen LogP) is 1.22. The van der Waals surface area contributed by atoms with Crippen molar-refractivity contribution in [2.75, 3.05) is 39.2 Å². The molecule has 1 fully saturated rings. The third-order valence-corrected chi connectivity index (χ3v) is 4.93. The number of carbonyl (C=O) groups is 2. The van der Waals surface area contributed by atoms with Crippen molar-refractivity contribution in [1.82, 2.24) is 4.98 Å². The predicted molar refractivity (Wildman–Crippen MR) is 98.8 cm³/mol. The smallest absolute Gasteiger partial charge is 0.356 e. The topological polar surface area (TPSA) is 84.9 Å². The third-order valence-electron chi connectivity index (χ3n) is 4.93. The Morgan fingerprint density at radius 2 is 2.15 bits per heavy atom. The van der Waals surface area contributed by atoms with E-state index in [1.54, 1.807) is 13.2 Å². The Morgan fingerprint density at radius 3 is 2.85 bits per heavy atom. The maximum absolute atomic E-state index is 12.7. The van der Waals surface area contributed by atoms with Crippen LogP contribution in [-0.2, 0) is 9.53 Å². The summed E-state index contributed by atoms with van der Waals surface area (Å²) in [7, 11) is 2.88. The van der Waals surface area contributed by atoms with Gasteiger partial charge in [-0.1, -0.05) is 13.0 Å². The number of nitrogens with one attached hydrogen (secondary N) is 3. The number of benzene rings is 1. The van der Waals surface area contributed by atoms with E-state index in [4.69, 9.17) is 9.47 Å². The van der Waals surface area contributed by atoms with Gasteiger partial charge in [0.2, 0.25) is 0 Å². The number of esters is 1. The number of amides is 1. The van der Waals surface area contributed by atoms with Crippen molar-refractivity contribution in [3.05, 3.63) is 23.9 Å². The van der Waals surface area contributed by atoms with E-state index in [0.717, 1.165) is 19.5 Å². The van der Waals surface area contributed by atoms with Crippen LogP contribution in [0.4, 0.5) is 5.69 Å². The normalized spacial score (nSPS) is 20.0. The first kappa shape index (κ1) is 18.3. The number of quaternary nitrogens is 1. The number of likely N-dealkylation sites (tertiary alicyclic amines) is 1. The SMILES string of the molecule is COC(=O)c1[nH]c2cccc(OC)c2c1NC(=O)C[NH+]1CCC[C@@H](C)C1. The van der Waals surface area contributed by atoms with Gasteiger partial charge in [-0.15, -0.1) is 0 Å². The molecule has 1 aliphatic rings. The summed E-state index contributed by atoms with van der Waals surface area (Å²) >= 11 is 0. The molecule has 3 rings (SSSR count). The van der Waals surface area contributed by atoms with Gasteiger partial charge < -0.3 is 24.7 Å². The van der Waals surface area contributed by atoms with Crippen LogP contribution in [0.5, 0.6) is 5.75 Å². The minimum atomic E-state index is -0.530. The highest BCUT2D eigenvalue weighted by molar-refractivity contribution is 6.13. The molecular formula is C19H26N3O4+. The van der Waals surface area contributed by atoms with Crippen LogP contribution < -0.4 is 15.0 Å². The average Bonchev–Trinajstić information content (AvgIpc) is 2.99. The molecule has 7 nitrogen and oxygen atoms in total. The number of anilines is 1. The molecule has 0 bridgehead atoms. The fourth-order valence-electron chi connectivity index (χ4n) is 3.73. The summed E-state index contributed by atoms with van der Waals surface area (Å²) in [5, 5.41) is 3.59. The minimum absolute atomic E-state index is 0.119. The van der Waals surface area contributed by atoms with Gasteiger partial charge in [-0.3, -0.25) is 4.79 Å². The lowest BCUT2D eigenvalue weighted by atomic mass is 10.0. The lowest BCUT2D eigenvalue weighted by Gasteiger charge is -2.27. The molecule has 0 aliphatic carbocycles. The van der Waals surface area contributed by atoms with Crippen LogP contribution in [-0.4, -0.2) is 50.7 Å². The van der Waals surface area contributed by atoms with Crippen molar-refractivity contribution < 1.29 is 24.0 Å². The fourth-order valence-corrected chi connectivity index (χ4v) is 3.73. The van der Waals surface area contributed by atoms with Crippen molar-refractivity contribution in [2.24, 2.45) is 5.92 Å². The number of carbonyl (C=O) groups excluding carboxylic acids is 2. The highest BCUT2D eigenvalue weighted by atomic mass is 16.5. The van der Waals surface area contributed by atoms with Crippen molar-refractivity contribution in [2.45, 2.75) is 19.8 Å². The Balaban J connectivity index is 1.89. The molecule has 1 aromatic heterocycles. The van der Waals surface area contributed by atoms with E-state index in [1.165, 1.54) is 18.4 Å². The first-order valence-electron chi connectivity index (χ1n) is 8.94. The molecule has 2 atom stereocenters. The number of H-pyrrole nitrogens is 1. The Hall–Kier alpha value is -2.54. The summed E-state index contributed by atoms with van der Waals surface area (Å²) < 4.78 is 10.3. The monoisotopic (exact) mass is 360 g/mol. The number of hydrogen-bond acceptors (Lipinski definition) is 4. The van der Waals surface area contributed by atoms with E-state index >= 15 is 0 Å². The van der Waals surface area contributed by atoms with E-state index in [0.29, 0.717) is 34.8 Å². The van der Waals surface area contributed by atoms with Crippen LogP contribution in [0.3, 0.4) is 0 Å². The summed E-state index contributed by atoms with van der Waals surface area (Å²) in [6.45, 7) is 4.59. The first-order valence-corrected chi connectivity index (χ1v) is 8.94.